The third kappa shape index (κ3) is 2.81. The molecule has 4 rings (SSSR count). The largest absolute Gasteiger partial charge is 0.510 e. The molecule has 10 nitrogen and oxygen atoms in total. The van der Waals surface area contributed by atoms with Gasteiger partial charge in [-0.2, -0.15) is 0 Å². The molecule has 0 heterocycles. The van der Waals surface area contributed by atoms with E-state index in [1.54, 1.807) is 0 Å². The topological polar surface area (TPSA) is 182 Å². The Morgan fingerprint density at radius 3 is 2.42 bits per heavy atom. The number of aliphatic hydroxyl groups excluding tert-OH is 4. The molecule has 3 aliphatic rings. The molecule has 7 N–H and O–H groups in total. The fourth-order valence-corrected chi connectivity index (χ4v) is 5.91. The number of carbonyl (C=O) groups is 3. The lowest BCUT2D eigenvalue weighted by Crippen LogP contribution is -2.63. The van der Waals surface area contributed by atoms with Gasteiger partial charge < -0.3 is 31.3 Å². The minimum absolute atomic E-state index is 0.0216. The van der Waals surface area contributed by atoms with Crippen molar-refractivity contribution in [1.82, 2.24) is 4.90 Å². The number of primary amides is 1. The zero-order chi connectivity index (χ0) is 24.6. The average Bonchev–Trinajstić information content (AvgIpc) is 2.73. The first kappa shape index (κ1) is 23.2. The molecule has 0 saturated heterocycles. The van der Waals surface area contributed by atoms with E-state index in [0.717, 1.165) is 0 Å². The van der Waals surface area contributed by atoms with Gasteiger partial charge in [-0.15, -0.1) is 0 Å². The number of fused-ring (bicyclic) bond motifs is 3. The Morgan fingerprint density at radius 1 is 1.24 bits per heavy atom. The number of halogens is 1. The lowest BCUT2D eigenvalue weighted by Gasteiger charge is -2.52. The zero-order valence-electron chi connectivity index (χ0n) is 17.7. The highest BCUT2D eigenvalue weighted by atomic mass is 35.5. The number of nitrogens with two attached hydrogens (primary N) is 1. The molecule has 3 aliphatic carbocycles. The number of rotatable bonds is 3. The Hall–Kier alpha value is -2.92. The van der Waals surface area contributed by atoms with Gasteiger partial charge in [0.1, 0.15) is 28.3 Å². The zero-order valence-corrected chi connectivity index (χ0v) is 18.5. The monoisotopic (exact) mass is 478 g/mol. The number of aromatic hydroxyl groups is 1. The molecule has 0 unspecified atom stereocenters. The third-order valence-electron chi connectivity index (χ3n) is 7.11. The highest BCUT2D eigenvalue weighted by Crippen LogP contribution is 2.59. The number of likely N-dealkylation sites (N-methyl/N-ethyl adjacent to an activating group) is 1. The van der Waals surface area contributed by atoms with Gasteiger partial charge in [0.2, 0.25) is 0 Å². The number of Topliss-reactive ketones (excluding diaryl/α,β-unsaturated/α-hetero) is 2. The lowest BCUT2D eigenvalue weighted by atomic mass is 9.52. The number of amides is 1. The first-order valence-corrected chi connectivity index (χ1v) is 10.5. The van der Waals surface area contributed by atoms with Crippen molar-refractivity contribution < 1.29 is 39.9 Å². The van der Waals surface area contributed by atoms with Gasteiger partial charge in [0.25, 0.3) is 5.91 Å². The fraction of sp³-hybridized carbons (Fsp3) is 0.409. The van der Waals surface area contributed by atoms with E-state index in [9.17, 15) is 39.9 Å². The van der Waals surface area contributed by atoms with E-state index in [1.165, 1.54) is 31.1 Å². The van der Waals surface area contributed by atoms with Gasteiger partial charge in [-0.3, -0.25) is 19.3 Å². The third-order valence-corrected chi connectivity index (χ3v) is 7.44. The van der Waals surface area contributed by atoms with Crippen LogP contribution in [0.15, 0.2) is 29.0 Å². The number of benzene rings is 1. The molecule has 1 amide bonds. The number of phenolic OH excluding ortho intramolecular Hbond substituents is 1. The number of hydrogen-bond donors (Lipinski definition) is 6. The maximum absolute atomic E-state index is 13.9. The number of carbonyl (C=O) groups excluding carboxylic acids is 3. The van der Waals surface area contributed by atoms with Crippen LogP contribution in [0.1, 0.15) is 23.7 Å². The summed E-state index contributed by atoms with van der Waals surface area (Å²) in [5, 5.41) is 53.9. The van der Waals surface area contributed by atoms with Crippen molar-refractivity contribution in [3.05, 3.63) is 45.2 Å². The minimum atomic E-state index is -2.17. The SMILES string of the molecule is CN(C)[C@@H]1C(=O)C(C(N)=O)=C(O)[C@@]2(CO)C(=O)C3=C(O)c4c(O)ccc(Cl)c4[C@@H](O)[C@H]3C[C@@H]12. The molecule has 1 aromatic carbocycles. The number of phenols is 1. The Kier molecular flexibility index (Phi) is 5.32. The van der Waals surface area contributed by atoms with Crippen LogP contribution < -0.4 is 5.73 Å². The van der Waals surface area contributed by atoms with Crippen molar-refractivity contribution >= 4 is 34.8 Å². The summed E-state index contributed by atoms with van der Waals surface area (Å²) in [5.74, 6) is -7.27. The van der Waals surface area contributed by atoms with E-state index >= 15 is 0 Å². The highest BCUT2D eigenvalue weighted by molar-refractivity contribution is 6.32. The van der Waals surface area contributed by atoms with E-state index in [1.807, 2.05) is 0 Å². The molecule has 11 heteroatoms. The van der Waals surface area contributed by atoms with Gasteiger partial charge in [0.05, 0.1) is 24.3 Å². The summed E-state index contributed by atoms with van der Waals surface area (Å²) in [6.45, 7) is -0.995. The molecule has 0 spiro atoms. The normalized spacial score (nSPS) is 31.5. The van der Waals surface area contributed by atoms with Crippen molar-refractivity contribution in [3.8, 4) is 5.75 Å². The lowest BCUT2D eigenvalue weighted by molar-refractivity contribution is -0.146. The van der Waals surface area contributed by atoms with Gasteiger partial charge in [0, 0.05) is 28.0 Å². The highest BCUT2D eigenvalue weighted by Gasteiger charge is 2.65. The quantitative estimate of drug-likeness (QED) is 0.334. The molecular weight excluding hydrogens is 456 g/mol. The van der Waals surface area contributed by atoms with Crippen molar-refractivity contribution in [2.24, 2.45) is 23.0 Å². The Balaban J connectivity index is 2.06. The summed E-state index contributed by atoms with van der Waals surface area (Å²) in [4.78, 5) is 40.5. The van der Waals surface area contributed by atoms with Crippen LogP contribution in [-0.4, -0.2) is 74.7 Å². The van der Waals surface area contributed by atoms with Crippen molar-refractivity contribution in [1.29, 1.82) is 0 Å². The molecule has 33 heavy (non-hydrogen) atoms. The van der Waals surface area contributed by atoms with Gasteiger partial charge in [-0.05, 0) is 32.6 Å². The molecular formula is C22H23ClN2O8. The van der Waals surface area contributed by atoms with Crippen LogP contribution >= 0.6 is 11.6 Å². The molecule has 1 aromatic rings. The van der Waals surface area contributed by atoms with E-state index in [2.05, 4.69) is 0 Å². The maximum atomic E-state index is 13.9. The van der Waals surface area contributed by atoms with Crippen molar-refractivity contribution in [3.63, 3.8) is 0 Å². The first-order chi connectivity index (χ1) is 15.4. The number of hydrogen-bond acceptors (Lipinski definition) is 9. The van der Waals surface area contributed by atoms with Crippen LogP contribution in [-0.2, 0) is 14.4 Å². The Labute approximate surface area is 193 Å². The van der Waals surface area contributed by atoms with Crippen LogP contribution in [0.3, 0.4) is 0 Å². The summed E-state index contributed by atoms with van der Waals surface area (Å²) >= 11 is 6.22. The minimum Gasteiger partial charge on any atom is -0.510 e. The fourth-order valence-electron chi connectivity index (χ4n) is 5.64. The smallest absolute Gasteiger partial charge is 0.255 e. The number of aliphatic hydroxyl groups is 4. The first-order valence-electron chi connectivity index (χ1n) is 10.1. The molecule has 1 saturated carbocycles. The summed E-state index contributed by atoms with van der Waals surface area (Å²) in [6, 6.07) is 1.38. The standard InChI is InChI=1S/C22H23ClN2O8/c1-25(2)15-8-5-7-11(17(29)13-10(27)4-3-9(23)12(13)16(7)28)19(31)22(8,6-26)20(32)14(18(15)30)21(24)33/h3-4,7-8,15-16,26-29,32H,5-6H2,1-2H3,(H2,24,33)/t7-,8-,15-,16-,22+/m0/s1. The molecule has 5 atom stereocenters. The summed E-state index contributed by atoms with van der Waals surface area (Å²) in [5.41, 5.74) is 1.80. The van der Waals surface area contributed by atoms with Crippen LogP contribution in [0, 0.1) is 17.3 Å². The molecule has 0 bridgehead atoms. The average molecular weight is 479 g/mol. The molecule has 176 valence electrons. The van der Waals surface area contributed by atoms with Crippen LogP contribution in [0.25, 0.3) is 5.76 Å². The van der Waals surface area contributed by atoms with E-state index in [4.69, 9.17) is 17.3 Å². The predicted molar refractivity (Wildman–Crippen MR) is 115 cm³/mol. The number of ketones is 2. The van der Waals surface area contributed by atoms with Gasteiger partial charge in [-0.25, -0.2) is 0 Å². The molecule has 0 aliphatic heterocycles. The molecule has 0 radical (unpaired) electrons. The Morgan fingerprint density at radius 2 is 1.88 bits per heavy atom. The second kappa shape index (κ2) is 7.56. The second-order valence-electron chi connectivity index (χ2n) is 8.83. The van der Waals surface area contributed by atoms with Crippen LogP contribution in [0.4, 0.5) is 0 Å². The van der Waals surface area contributed by atoms with Gasteiger partial charge in [0.15, 0.2) is 11.6 Å². The maximum Gasteiger partial charge on any atom is 0.255 e. The Bertz CT molecular complexity index is 1170. The van der Waals surface area contributed by atoms with E-state index in [0.29, 0.717) is 0 Å². The number of nitrogens with zero attached hydrogens (tertiary/aromatic N) is 1. The predicted octanol–water partition coefficient (Wildman–Crippen LogP) is 0.356. The summed E-state index contributed by atoms with van der Waals surface area (Å²) in [7, 11) is 3.06. The second-order valence-corrected chi connectivity index (χ2v) is 9.24. The molecule has 0 aromatic heterocycles. The molecule has 1 fully saturated rings. The van der Waals surface area contributed by atoms with Gasteiger partial charge >= 0.3 is 0 Å². The van der Waals surface area contributed by atoms with E-state index < -0.39 is 76.3 Å². The summed E-state index contributed by atoms with van der Waals surface area (Å²) < 4.78 is 0. The van der Waals surface area contributed by atoms with E-state index in [-0.39, 0.29) is 28.1 Å². The van der Waals surface area contributed by atoms with Crippen LogP contribution in [0.2, 0.25) is 5.02 Å². The van der Waals surface area contributed by atoms with Crippen LogP contribution in [0.5, 0.6) is 5.75 Å². The van der Waals surface area contributed by atoms with Gasteiger partial charge in [-0.1, -0.05) is 11.6 Å². The van der Waals surface area contributed by atoms with Crippen molar-refractivity contribution in [2.45, 2.75) is 18.6 Å². The summed E-state index contributed by atoms with van der Waals surface area (Å²) in [6.07, 6.45) is -1.57. The van der Waals surface area contributed by atoms with Crippen molar-refractivity contribution in [2.75, 3.05) is 20.7 Å².